The van der Waals surface area contributed by atoms with E-state index in [1.54, 1.807) is 0 Å². The van der Waals surface area contributed by atoms with Crippen LogP contribution in [0.25, 0.3) is 0 Å². The van der Waals surface area contributed by atoms with Crippen molar-refractivity contribution in [3.63, 3.8) is 0 Å². The molecule has 0 radical (unpaired) electrons. The average Bonchev–Trinajstić information content (AvgIpc) is 2.29. The number of carbonyl (C=O) groups is 1. The van der Waals surface area contributed by atoms with Crippen molar-refractivity contribution >= 4 is 11.7 Å². The van der Waals surface area contributed by atoms with Crippen molar-refractivity contribution in [2.75, 3.05) is 18.5 Å². The zero-order valence-electron chi connectivity index (χ0n) is 8.31. The maximum atomic E-state index is 10.6. The van der Waals surface area contributed by atoms with E-state index in [-0.39, 0.29) is 6.61 Å². The highest BCUT2D eigenvalue weighted by atomic mass is 17.2. The first-order valence-corrected chi connectivity index (χ1v) is 4.57. The van der Waals surface area contributed by atoms with Crippen molar-refractivity contribution in [1.29, 1.82) is 0 Å². The first kappa shape index (κ1) is 11.3. The Hall–Kier alpha value is -1.81. The Balaban J connectivity index is 2.07. The summed E-state index contributed by atoms with van der Waals surface area (Å²) in [6.45, 7) is 4.09. The summed E-state index contributed by atoms with van der Waals surface area (Å²) in [5, 5.41) is 3.09. The van der Waals surface area contributed by atoms with Crippen LogP contribution in [0.5, 0.6) is 0 Å². The third-order valence-electron chi connectivity index (χ3n) is 1.60. The van der Waals surface area contributed by atoms with Crippen molar-refractivity contribution in [3.8, 4) is 0 Å². The highest BCUT2D eigenvalue weighted by Gasteiger charge is 1.95. The van der Waals surface area contributed by atoms with E-state index in [0.29, 0.717) is 6.54 Å². The van der Waals surface area contributed by atoms with Crippen LogP contribution in [0.1, 0.15) is 0 Å². The fraction of sp³-hybridized carbons (Fsp3) is 0.182. The van der Waals surface area contributed by atoms with Gasteiger partial charge in [0.25, 0.3) is 0 Å². The number of rotatable bonds is 6. The monoisotopic (exact) mass is 207 g/mol. The highest BCUT2D eigenvalue weighted by Crippen LogP contribution is 2.03. The van der Waals surface area contributed by atoms with Gasteiger partial charge in [-0.15, -0.1) is 0 Å². The normalized spacial score (nSPS) is 9.33. The molecule has 1 aromatic carbocycles. The van der Waals surface area contributed by atoms with Crippen LogP contribution in [0.4, 0.5) is 5.69 Å². The smallest absolute Gasteiger partial charge is 0.365 e. The molecule has 0 saturated carbocycles. The summed E-state index contributed by atoms with van der Waals surface area (Å²) >= 11 is 0. The van der Waals surface area contributed by atoms with Gasteiger partial charge in [0.2, 0.25) is 0 Å². The Morgan fingerprint density at radius 1 is 1.40 bits per heavy atom. The molecule has 0 bridgehead atoms. The number of hydrogen-bond donors (Lipinski definition) is 1. The van der Waals surface area contributed by atoms with Crippen LogP contribution in [-0.4, -0.2) is 19.1 Å². The average molecular weight is 207 g/mol. The minimum atomic E-state index is -0.588. The third kappa shape index (κ3) is 4.83. The number of benzene rings is 1. The van der Waals surface area contributed by atoms with Crippen LogP contribution >= 0.6 is 0 Å². The predicted molar refractivity (Wildman–Crippen MR) is 57.2 cm³/mol. The zero-order chi connectivity index (χ0) is 10.9. The molecule has 4 heteroatoms. The van der Waals surface area contributed by atoms with Gasteiger partial charge in [-0.1, -0.05) is 24.8 Å². The lowest BCUT2D eigenvalue weighted by atomic mass is 10.3. The third-order valence-corrected chi connectivity index (χ3v) is 1.60. The molecule has 0 fully saturated rings. The molecule has 0 aliphatic rings. The van der Waals surface area contributed by atoms with E-state index in [9.17, 15) is 4.79 Å². The van der Waals surface area contributed by atoms with Gasteiger partial charge in [-0.25, -0.2) is 4.79 Å². The summed E-state index contributed by atoms with van der Waals surface area (Å²) in [6.07, 6.45) is 1.05. The molecule has 0 atom stereocenters. The molecule has 0 amide bonds. The number of nitrogens with one attached hydrogen (secondary N) is 1. The van der Waals surface area contributed by atoms with E-state index in [1.807, 2.05) is 30.3 Å². The van der Waals surface area contributed by atoms with Gasteiger partial charge in [-0.3, -0.25) is 4.89 Å². The van der Waals surface area contributed by atoms with Gasteiger partial charge in [-0.05, 0) is 12.1 Å². The summed E-state index contributed by atoms with van der Waals surface area (Å²) in [5.74, 6) is -0.588. The predicted octanol–water partition coefficient (Wildman–Crippen LogP) is 1.76. The number of carbonyl (C=O) groups excluding carboxylic acids is 1. The van der Waals surface area contributed by atoms with Crippen LogP contribution in [0, 0.1) is 0 Å². The highest BCUT2D eigenvalue weighted by molar-refractivity contribution is 5.80. The standard InChI is InChI=1S/C11H13NO3/c1-2-11(13)15-14-9-8-12-10-6-4-3-5-7-10/h2-7,12H,1,8-9H2. The van der Waals surface area contributed by atoms with E-state index in [2.05, 4.69) is 21.7 Å². The van der Waals surface area contributed by atoms with Crippen LogP contribution in [0.3, 0.4) is 0 Å². The minimum absolute atomic E-state index is 0.286. The lowest BCUT2D eigenvalue weighted by Gasteiger charge is -2.05. The van der Waals surface area contributed by atoms with E-state index in [4.69, 9.17) is 0 Å². The van der Waals surface area contributed by atoms with Gasteiger partial charge in [0.1, 0.15) is 6.61 Å². The first-order valence-electron chi connectivity index (χ1n) is 4.57. The summed E-state index contributed by atoms with van der Waals surface area (Å²) in [7, 11) is 0. The van der Waals surface area contributed by atoms with Crippen molar-refractivity contribution in [2.45, 2.75) is 0 Å². The van der Waals surface area contributed by atoms with Crippen LogP contribution < -0.4 is 5.32 Å². The summed E-state index contributed by atoms with van der Waals surface area (Å²) in [6, 6.07) is 9.68. The Morgan fingerprint density at radius 2 is 2.13 bits per heavy atom. The topological polar surface area (TPSA) is 47.6 Å². The van der Waals surface area contributed by atoms with E-state index < -0.39 is 5.97 Å². The molecule has 15 heavy (non-hydrogen) atoms. The number of hydrogen-bond acceptors (Lipinski definition) is 4. The fourth-order valence-electron chi connectivity index (χ4n) is 0.927. The van der Waals surface area contributed by atoms with Crippen molar-refractivity contribution in [3.05, 3.63) is 43.0 Å². The Labute approximate surface area is 88.4 Å². The second-order valence-electron chi connectivity index (χ2n) is 2.72. The fourth-order valence-corrected chi connectivity index (χ4v) is 0.927. The van der Waals surface area contributed by atoms with E-state index in [0.717, 1.165) is 11.8 Å². The quantitative estimate of drug-likeness (QED) is 0.334. The molecule has 0 aromatic heterocycles. The molecule has 0 heterocycles. The molecule has 0 aliphatic heterocycles. The first-order chi connectivity index (χ1) is 7.33. The summed E-state index contributed by atoms with van der Waals surface area (Å²) in [4.78, 5) is 19.5. The molecular formula is C11H13NO3. The van der Waals surface area contributed by atoms with Crippen molar-refractivity contribution in [2.24, 2.45) is 0 Å². The second-order valence-corrected chi connectivity index (χ2v) is 2.72. The maximum Gasteiger partial charge on any atom is 0.365 e. The van der Waals surface area contributed by atoms with Gasteiger partial charge < -0.3 is 5.32 Å². The minimum Gasteiger partial charge on any atom is -0.383 e. The molecule has 1 aromatic rings. The van der Waals surface area contributed by atoms with Crippen molar-refractivity contribution in [1.82, 2.24) is 0 Å². The SMILES string of the molecule is C=CC(=O)OOCCNc1ccccc1. The van der Waals surface area contributed by atoms with Crippen molar-refractivity contribution < 1.29 is 14.6 Å². The van der Waals surface area contributed by atoms with E-state index in [1.165, 1.54) is 0 Å². The molecular weight excluding hydrogens is 194 g/mol. The molecule has 4 nitrogen and oxygen atoms in total. The molecule has 0 unspecified atom stereocenters. The van der Waals surface area contributed by atoms with Gasteiger partial charge in [0.05, 0.1) is 0 Å². The number of anilines is 1. The molecule has 80 valence electrons. The Bertz CT molecular complexity index is 311. The molecule has 1 N–H and O–H groups in total. The van der Waals surface area contributed by atoms with Gasteiger partial charge in [-0.2, -0.15) is 4.89 Å². The summed E-state index contributed by atoms with van der Waals surface area (Å²) in [5.41, 5.74) is 0.996. The number of para-hydroxylation sites is 1. The molecule has 0 aliphatic carbocycles. The lowest BCUT2D eigenvalue weighted by Crippen LogP contribution is -2.11. The largest absolute Gasteiger partial charge is 0.383 e. The second kappa shape index (κ2) is 6.62. The molecule has 0 spiro atoms. The molecule has 1 rings (SSSR count). The summed E-state index contributed by atoms with van der Waals surface area (Å²) < 4.78 is 0. The Morgan fingerprint density at radius 3 is 2.80 bits per heavy atom. The van der Waals surface area contributed by atoms with Crippen LogP contribution in [-0.2, 0) is 14.6 Å². The van der Waals surface area contributed by atoms with Gasteiger partial charge >= 0.3 is 5.97 Å². The van der Waals surface area contributed by atoms with Crippen LogP contribution in [0.15, 0.2) is 43.0 Å². The van der Waals surface area contributed by atoms with Gasteiger partial charge in [0.15, 0.2) is 0 Å². The maximum absolute atomic E-state index is 10.6. The lowest BCUT2D eigenvalue weighted by molar-refractivity contribution is -0.264. The Kier molecular flexibility index (Phi) is 4.97. The van der Waals surface area contributed by atoms with Gasteiger partial charge in [0, 0.05) is 18.3 Å². The zero-order valence-corrected chi connectivity index (χ0v) is 8.31. The molecule has 0 saturated heterocycles. The van der Waals surface area contributed by atoms with E-state index >= 15 is 0 Å². The van der Waals surface area contributed by atoms with Crippen LogP contribution in [0.2, 0.25) is 0 Å².